The molecule has 1 N–H and O–H groups in total. The van der Waals surface area contributed by atoms with Gasteiger partial charge in [-0.15, -0.1) is 23.1 Å². The van der Waals surface area contributed by atoms with Crippen LogP contribution in [0.3, 0.4) is 0 Å². The van der Waals surface area contributed by atoms with Crippen LogP contribution in [-0.2, 0) is 20.1 Å². The quantitative estimate of drug-likeness (QED) is 0.742. The summed E-state index contributed by atoms with van der Waals surface area (Å²) >= 11 is 3.15. The molecule has 1 atom stereocenters. The highest BCUT2D eigenvalue weighted by molar-refractivity contribution is 7.99. The van der Waals surface area contributed by atoms with E-state index in [4.69, 9.17) is 4.74 Å². The van der Waals surface area contributed by atoms with Crippen LogP contribution in [0.2, 0.25) is 0 Å². The number of amides is 1. The number of ether oxygens (including phenoxy) is 1. The predicted octanol–water partition coefficient (Wildman–Crippen LogP) is 3.40. The molecule has 2 aromatic rings. The minimum Gasteiger partial charge on any atom is -0.455 e. The van der Waals surface area contributed by atoms with Gasteiger partial charge in [-0.05, 0) is 23.9 Å². The third-order valence-corrected chi connectivity index (χ3v) is 5.10. The van der Waals surface area contributed by atoms with Gasteiger partial charge >= 0.3 is 5.97 Å². The van der Waals surface area contributed by atoms with Crippen LogP contribution in [0.5, 0.6) is 0 Å². The maximum absolute atomic E-state index is 11.8. The van der Waals surface area contributed by atoms with E-state index in [9.17, 15) is 9.59 Å². The maximum Gasteiger partial charge on any atom is 0.316 e. The Bertz CT molecular complexity index is 614. The zero-order valence-electron chi connectivity index (χ0n) is 12.9. The second kappa shape index (κ2) is 9.37. The molecule has 0 aliphatic heterocycles. The van der Waals surface area contributed by atoms with Crippen molar-refractivity contribution < 1.29 is 14.3 Å². The van der Waals surface area contributed by atoms with Gasteiger partial charge in [-0.25, -0.2) is 0 Å². The molecule has 0 radical (unpaired) electrons. The Labute approximate surface area is 144 Å². The number of carbonyl (C=O) groups excluding carboxylic acids is 2. The Kier molecular flexibility index (Phi) is 7.16. The molecule has 0 saturated heterocycles. The molecule has 1 amide bonds. The number of rotatable bonds is 8. The summed E-state index contributed by atoms with van der Waals surface area (Å²) in [6, 6.07) is 13.5. The number of carbonyl (C=O) groups is 2. The molecular formula is C17H19NO3S2. The summed E-state index contributed by atoms with van der Waals surface area (Å²) in [4.78, 5) is 24.6. The maximum atomic E-state index is 11.8. The van der Waals surface area contributed by atoms with Gasteiger partial charge in [-0.2, -0.15) is 0 Å². The zero-order chi connectivity index (χ0) is 16.5. The van der Waals surface area contributed by atoms with Crippen LogP contribution < -0.4 is 5.32 Å². The van der Waals surface area contributed by atoms with Gasteiger partial charge in [0.1, 0.15) is 0 Å². The molecule has 122 valence electrons. The van der Waals surface area contributed by atoms with Gasteiger partial charge in [-0.3, -0.25) is 9.59 Å². The normalized spacial score (nSPS) is 11.7. The first-order valence-electron chi connectivity index (χ1n) is 7.25. The Morgan fingerprint density at radius 3 is 2.70 bits per heavy atom. The molecule has 6 heteroatoms. The summed E-state index contributed by atoms with van der Waals surface area (Å²) in [5.41, 5.74) is 1.01. The molecule has 0 spiro atoms. The Morgan fingerprint density at radius 1 is 1.22 bits per heavy atom. The minimum absolute atomic E-state index is 0.115. The SMILES string of the molecule is C[C@H](NC(=O)COC(=O)CSCc1cccs1)c1ccccc1. The summed E-state index contributed by atoms with van der Waals surface area (Å²) in [5.74, 6) is 0.371. The van der Waals surface area contributed by atoms with E-state index < -0.39 is 0 Å². The third kappa shape index (κ3) is 6.46. The van der Waals surface area contributed by atoms with E-state index in [0.717, 1.165) is 11.3 Å². The lowest BCUT2D eigenvalue weighted by atomic mass is 10.1. The Hall–Kier alpha value is -1.79. The monoisotopic (exact) mass is 349 g/mol. The molecule has 0 saturated carbocycles. The number of thioether (sulfide) groups is 1. The van der Waals surface area contributed by atoms with E-state index in [-0.39, 0.29) is 30.3 Å². The van der Waals surface area contributed by atoms with Crippen LogP contribution in [-0.4, -0.2) is 24.2 Å². The first-order chi connectivity index (χ1) is 11.1. The van der Waals surface area contributed by atoms with E-state index in [1.54, 1.807) is 11.3 Å². The van der Waals surface area contributed by atoms with Crippen LogP contribution in [0, 0.1) is 0 Å². The fourth-order valence-electron chi connectivity index (χ4n) is 1.93. The number of nitrogens with one attached hydrogen (secondary N) is 1. The fraction of sp³-hybridized carbons (Fsp3) is 0.294. The lowest BCUT2D eigenvalue weighted by Gasteiger charge is -2.14. The molecule has 4 nitrogen and oxygen atoms in total. The van der Waals surface area contributed by atoms with Crippen molar-refractivity contribution in [1.82, 2.24) is 5.32 Å². The molecule has 0 aliphatic rings. The molecule has 0 aliphatic carbocycles. The summed E-state index contributed by atoms with van der Waals surface area (Å²) in [6.45, 7) is 1.65. The molecule has 0 fully saturated rings. The topological polar surface area (TPSA) is 55.4 Å². The minimum atomic E-state index is -0.367. The van der Waals surface area contributed by atoms with Crippen LogP contribution in [0.25, 0.3) is 0 Å². The number of benzene rings is 1. The van der Waals surface area contributed by atoms with Crippen LogP contribution in [0.4, 0.5) is 0 Å². The molecule has 1 heterocycles. The second-order valence-electron chi connectivity index (χ2n) is 4.93. The van der Waals surface area contributed by atoms with Crippen molar-refractivity contribution in [2.75, 3.05) is 12.4 Å². The summed E-state index contributed by atoms with van der Waals surface area (Å²) in [5, 5.41) is 4.82. The molecule has 23 heavy (non-hydrogen) atoms. The van der Waals surface area contributed by atoms with E-state index >= 15 is 0 Å². The molecule has 1 aromatic carbocycles. The van der Waals surface area contributed by atoms with Gasteiger partial charge in [0.25, 0.3) is 5.91 Å². The average molecular weight is 349 g/mol. The van der Waals surface area contributed by atoms with Crippen LogP contribution in [0.1, 0.15) is 23.4 Å². The fourth-order valence-corrected chi connectivity index (χ4v) is 3.59. The molecule has 1 aromatic heterocycles. The standard InChI is InChI=1S/C17H19NO3S2/c1-13(14-6-3-2-4-7-14)18-16(19)10-21-17(20)12-22-11-15-8-5-9-23-15/h2-9,13H,10-12H2,1H3,(H,18,19)/t13-/m0/s1. The van der Waals surface area contributed by atoms with Gasteiger partial charge in [0.2, 0.25) is 0 Å². The van der Waals surface area contributed by atoms with Gasteiger partial charge in [-0.1, -0.05) is 36.4 Å². The smallest absolute Gasteiger partial charge is 0.316 e. The summed E-state index contributed by atoms with van der Waals surface area (Å²) < 4.78 is 4.99. The van der Waals surface area contributed by atoms with Gasteiger partial charge in [0.05, 0.1) is 11.8 Å². The van der Waals surface area contributed by atoms with Crippen molar-refractivity contribution in [1.29, 1.82) is 0 Å². The summed E-state index contributed by atoms with van der Waals surface area (Å²) in [7, 11) is 0. The molecular weight excluding hydrogens is 330 g/mol. The lowest BCUT2D eigenvalue weighted by Crippen LogP contribution is -2.31. The first kappa shape index (κ1) is 17.6. The number of esters is 1. The van der Waals surface area contributed by atoms with Gasteiger partial charge < -0.3 is 10.1 Å². The van der Waals surface area contributed by atoms with Crippen LogP contribution in [0.15, 0.2) is 47.8 Å². The van der Waals surface area contributed by atoms with E-state index in [1.807, 2.05) is 54.8 Å². The second-order valence-corrected chi connectivity index (χ2v) is 6.95. The molecule has 2 rings (SSSR count). The molecule has 0 bridgehead atoms. The summed E-state index contributed by atoms with van der Waals surface area (Å²) in [6.07, 6.45) is 0. The average Bonchev–Trinajstić information content (AvgIpc) is 3.07. The van der Waals surface area contributed by atoms with Gasteiger partial charge in [0, 0.05) is 10.6 Å². The van der Waals surface area contributed by atoms with Crippen molar-refractivity contribution >= 4 is 35.0 Å². The predicted molar refractivity (Wildman–Crippen MR) is 94.4 cm³/mol. The van der Waals surface area contributed by atoms with Crippen molar-refractivity contribution in [2.24, 2.45) is 0 Å². The van der Waals surface area contributed by atoms with Crippen molar-refractivity contribution in [3.05, 3.63) is 58.3 Å². The highest BCUT2D eigenvalue weighted by atomic mass is 32.2. The Morgan fingerprint density at radius 2 is 2.00 bits per heavy atom. The zero-order valence-corrected chi connectivity index (χ0v) is 14.5. The number of hydrogen-bond donors (Lipinski definition) is 1. The van der Waals surface area contributed by atoms with Crippen molar-refractivity contribution in [2.45, 2.75) is 18.7 Å². The largest absolute Gasteiger partial charge is 0.455 e. The van der Waals surface area contributed by atoms with E-state index in [1.165, 1.54) is 16.6 Å². The van der Waals surface area contributed by atoms with Crippen LogP contribution >= 0.6 is 23.1 Å². The first-order valence-corrected chi connectivity index (χ1v) is 9.28. The molecule has 0 unspecified atom stereocenters. The highest BCUT2D eigenvalue weighted by Crippen LogP contribution is 2.17. The lowest BCUT2D eigenvalue weighted by molar-refractivity contribution is -0.146. The number of hydrogen-bond acceptors (Lipinski definition) is 5. The van der Waals surface area contributed by atoms with Crippen molar-refractivity contribution in [3.63, 3.8) is 0 Å². The number of thiophene rings is 1. The highest BCUT2D eigenvalue weighted by Gasteiger charge is 2.11. The van der Waals surface area contributed by atoms with E-state index in [2.05, 4.69) is 5.32 Å². The Balaban J connectivity index is 1.62. The van der Waals surface area contributed by atoms with E-state index in [0.29, 0.717) is 0 Å². The third-order valence-electron chi connectivity index (χ3n) is 3.09. The van der Waals surface area contributed by atoms with Crippen molar-refractivity contribution in [3.8, 4) is 0 Å². The van der Waals surface area contributed by atoms with Gasteiger partial charge in [0.15, 0.2) is 6.61 Å².